The number of hydrogen-bond acceptors (Lipinski definition) is 1. The van der Waals surface area contributed by atoms with Crippen LogP contribution >= 0.6 is 11.6 Å². The van der Waals surface area contributed by atoms with E-state index in [1.54, 1.807) is 31.5 Å². The highest BCUT2D eigenvalue weighted by molar-refractivity contribution is 6.20. The molecule has 0 radical (unpaired) electrons. The van der Waals surface area contributed by atoms with Crippen LogP contribution in [-0.2, 0) is 6.42 Å². The summed E-state index contributed by atoms with van der Waals surface area (Å²) in [6.07, 6.45) is 4.03. The molecular weight excluding hydrogens is 237 g/mol. The first-order valence-electron chi connectivity index (χ1n) is 5.46. The zero-order valence-electron chi connectivity index (χ0n) is 9.53. The first kappa shape index (κ1) is 12.1. The van der Waals surface area contributed by atoms with Gasteiger partial charge in [0.15, 0.2) is 0 Å². The Labute approximate surface area is 105 Å². The number of aromatic nitrogens is 1. The molecule has 0 aliphatic carbocycles. The van der Waals surface area contributed by atoms with E-state index in [2.05, 4.69) is 4.98 Å². The zero-order chi connectivity index (χ0) is 12.3. The summed E-state index contributed by atoms with van der Waals surface area (Å²) in [6, 6.07) is 9.10. The van der Waals surface area contributed by atoms with E-state index in [4.69, 9.17) is 11.6 Å². The maximum Gasteiger partial charge on any atom is 0.130 e. The molecule has 88 valence electrons. The van der Waals surface area contributed by atoms with Crippen molar-refractivity contribution < 1.29 is 4.39 Å². The fourth-order valence-electron chi connectivity index (χ4n) is 1.75. The minimum Gasteiger partial charge on any atom is -0.265 e. The number of rotatable bonds is 3. The number of benzene rings is 1. The summed E-state index contributed by atoms with van der Waals surface area (Å²) in [6.45, 7) is 1.74. The first-order chi connectivity index (χ1) is 8.18. The topological polar surface area (TPSA) is 12.9 Å². The summed E-state index contributed by atoms with van der Waals surface area (Å²) >= 11 is 6.26. The van der Waals surface area contributed by atoms with Gasteiger partial charge in [0.05, 0.1) is 5.38 Å². The van der Waals surface area contributed by atoms with Gasteiger partial charge < -0.3 is 0 Å². The lowest BCUT2D eigenvalue weighted by molar-refractivity contribution is 0.597. The fraction of sp³-hybridized carbons (Fsp3) is 0.214. The molecule has 2 aromatic rings. The Morgan fingerprint density at radius 2 is 1.94 bits per heavy atom. The summed E-state index contributed by atoms with van der Waals surface area (Å²) in [4.78, 5) is 3.94. The lowest BCUT2D eigenvalue weighted by Gasteiger charge is -2.12. The quantitative estimate of drug-likeness (QED) is 0.748. The molecule has 2 rings (SSSR count). The SMILES string of the molecule is Cc1cccc(C(Cl)Cc2ccncc2)c1F. The van der Waals surface area contributed by atoms with Crippen LogP contribution in [0.5, 0.6) is 0 Å². The van der Waals surface area contributed by atoms with Crippen molar-refractivity contribution in [2.75, 3.05) is 0 Å². The van der Waals surface area contributed by atoms with Crippen LogP contribution in [0.25, 0.3) is 0 Å². The van der Waals surface area contributed by atoms with E-state index in [1.807, 2.05) is 18.2 Å². The van der Waals surface area contributed by atoms with E-state index in [0.717, 1.165) is 5.56 Å². The molecule has 0 aliphatic heterocycles. The average molecular weight is 250 g/mol. The molecule has 1 nitrogen and oxygen atoms in total. The third-order valence-electron chi connectivity index (χ3n) is 2.72. The monoisotopic (exact) mass is 249 g/mol. The number of aryl methyl sites for hydroxylation is 1. The summed E-state index contributed by atoms with van der Waals surface area (Å²) in [5.74, 6) is -0.207. The van der Waals surface area contributed by atoms with Gasteiger partial charge in [0, 0.05) is 18.0 Å². The van der Waals surface area contributed by atoms with E-state index in [-0.39, 0.29) is 11.2 Å². The van der Waals surface area contributed by atoms with E-state index < -0.39 is 0 Å². The van der Waals surface area contributed by atoms with Gasteiger partial charge in [-0.15, -0.1) is 11.6 Å². The molecule has 1 atom stereocenters. The van der Waals surface area contributed by atoms with Crippen LogP contribution in [0.15, 0.2) is 42.7 Å². The van der Waals surface area contributed by atoms with Gasteiger partial charge in [-0.2, -0.15) is 0 Å². The van der Waals surface area contributed by atoms with Crippen molar-refractivity contribution in [3.8, 4) is 0 Å². The van der Waals surface area contributed by atoms with E-state index in [9.17, 15) is 4.39 Å². The Bertz CT molecular complexity index is 499. The largest absolute Gasteiger partial charge is 0.265 e. The van der Waals surface area contributed by atoms with Gasteiger partial charge in [0.1, 0.15) is 5.82 Å². The highest BCUT2D eigenvalue weighted by Crippen LogP contribution is 2.28. The molecular formula is C14H13ClFN. The Kier molecular flexibility index (Phi) is 3.75. The van der Waals surface area contributed by atoms with Gasteiger partial charge >= 0.3 is 0 Å². The summed E-state index contributed by atoms with van der Waals surface area (Å²) < 4.78 is 13.9. The molecule has 1 heterocycles. The average Bonchev–Trinajstić information content (AvgIpc) is 2.34. The Balaban J connectivity index is 2.20. The normalized spacial score (nSPS) is 12.4. The predicted molar refractivity (Wildman–Crippen MR) is 67.7 cm³/mol. The molecule has 0 amide bonds. The number of alkyl halides is 1. The van der Waals surface area contributed by atoms with Crippen molar-refractivity contribution in [3.63, 3.8) is 0 Å². The van der Waals surface area contributed by atoms with E-state index >= 15 is 0 Å². The van der Waals surface area contributed by atoms with Crippen LogP contribution in [0.4, 0.5) is 4.39 Å². The van der Waals surface area contributed by atoms with Gasteiger partial charge in [-0.3, -0.25) is 4.98 Å². The van der Waals surface area contributed by atoms with Crippen LogP contribution in [0.3, 0.4) is 0 Å². The second-order valence-corrected chi connectivity index (χ2v) is 4.53. The Morgan fingerprint density at radius 3 is 2.65 bits per heavy atom. The highest BCUT2D eigenvalue weighted by atomic mass is 35.5. The molecule has 1 unspecified atom stereocenters. The van der Waals surface area contributed by atoms with Gasteiger partial charge in [-0.1, -0.05) is 18.2 Å². The molecule has 17 heavy (non-hydrogen) atoms. The van der Waals surface area contributed by atoms with Gasteiger partial charge in [-0.05, 0) is 36.6 Å². The number of halogens is 2. The highest BCUT2D eigenvalue weighted by Gasteiger charge is 2.14. The van der Waals surface area contributed by atoms with Crippen LogP contribution in [-0.4, -0.2) is 4.98 Å². The number of hydrogen-bond donors (Lipinski definition) is 0. The molecule has 3 heteroatoms. The van der Waals surface area contributed by atoms with Gasteiger partial charge in [0.25, 0.3) is 0 Å². The van der Waals surface area contributed by atoms with Gasteiger partial charge in [0.2, 0.25) is 0 Å². The van der Waals surface area contributed by atoms with Crippen LogP contribution in [0.2, 0.25) is 0 Å². The van der Waals surface area contributed by atoms with Crippen LogP contribution < -0.4 is 0 Å². The first-order valence-corrected chi connectivity index (χ1v) is 5.90. The Morgan fingerprint density at radius 1 is 1.24 bits per heavy atom. The fourth-order valence-corrected chi connectivity index (χ4v) is 2.09. The van der Waals surface area contributed by atoms with E-state index in [0.29, 0.717) is 17.5 Å². The minimum absolute atomic E-state index is 0.207. The van der Waals surface area contributed by atoms with Crippen LogP contribution in [0, 0.1) is 12.7 Å². The van der Waals surface area contributed by atoms with Crippen molar-refractivity contribution in [2.24, 2.45) is 0 Å². The molecule has 0 N–H and O–H groups in total. The summed E-state index contributed by atoms with van der Waals surface area (Å²) in [7, 11) is 0. The number of nitrogens with zero attached hydrogens (tertiary/aromatic N) is 1. The molecule has 0 saturated heterocycles. The third-order valence-corrected chi connectivity index (χ3v) is 3.11. The molecule has 1 aromatic carbocycles. The van der Waals surface area contributed by atoms with Crippen molar-refractivity contribution >= 4 is 11.6 Å². The second kappa shape index (κ2) is 5.28. The molecule has 0 saturated carbocycles. The standard InChI is InChI=1S/C14H13ClFN/c1-10-3-2-4-12(14(10)16)13(15)9-11-5-7-17-8-6-11/h2-8,13H,9H2,1H3. The minimum atomic E-state index is -0.350. The third kappa shape index (κ3) is 2.83. The molecule has 0 spiro atoms. The predicted octanol–water partition coefficient (Wildman–Crippen LogP) is 4.05. The number of pyridine rings is 1. The lowest BCUT2D eigenvalue weighted by Crippen LogP contribution is -2.00. The summed E-state index contributed by atoms with van der Waals surface area (Å²) in [5.41, 5.74) is 2.24. The smallest absolute Gasteiger partial charge is 0.130 e. The van der Waals surface area contributed by atoms with Crippen molar-refractivity contribution in [1.82, 2.24) is 4.98 Å². The zero-order valence-corrected chi connectivity index (χ0v) is 10.3. The van der Waals surface area contributed by atoms with Crippen molar-refractivity contribution in [1.29, 1.82) is 0 Å². The maximum atomic E-state index is 13.9. The Hall–Kier alpha value is -1.41. The van der Waals surface area contributed by atoms with Crippen molar-refractivity contribution in [2.45, 2.75) is 18.7 Å². The molecule has 1 aromatic heterocycles. The molecule has 0 bridgehead atoms. The van der Waals surface area contributed by atoms with Crippen molar-refractivity contribution in [3.05, 3.63) is 65.2 Å². The molecule has 0 fully saturated rings. The van der Waals surface area contributed by atoms with Gasteiger partial charge in [-0.25, -0.2) is 4.39 Å². The van der Waals surface area contributed by atoms with E-state index in [1.165, 1.54) is 0 Å². The summed E-state index contributed by atoms with van der Waals surface area (Å²) in [5, 5.41) is -0.350. The lowest BCUT2D eigenvalue weighted by atomic mass is 10.0. The second-order valence-electron chi connectivity index (χ2n) is 4.01. The van der Waals surface area contributed by atoms with Crippen LogP contribution in [0.1, 0.15) is 22.1 Å². The maximum absolute atomic E-state index is 13.9. The molecule has 0 aliphatic rings.